The van der Waals surface area contributed by atoms with Gasteiger partial charge in [-0.3, -0.25) is 5.10 Å². The first-order valence-electron chi connectivity index (χ1n) is 7.88. The number of hydrogen-bond acceptors (Lipinski definition) is 5. The fourth-order valence-corrected chi connectivity index (χ4v) is 4.40. The maximum absolute atomic E-state index is 12.9. The molecule has 6 nitrogen and oxygen atoms in total. The average molecular weight is 310 g/mol. The summed E-state index contributed by atoms with van der Waals surface area (Å²) in [5.41, 5.74) is 2.43. The minimum atomic E-state index is -0.573. The van der Waals surface area contributed by atoms with Crippen molar-refractivity contribution in [2.24, 2.45) is 0 Å². The van der Waals surface area contributed by atoms with Crippen LogP contribution in [0.1, 0.15) is 36.7 Å². The van der Waals surface area contributed by atoms with Gasteiger partial charge in [0.05, 0.1) is 30.0 Å². The Labute approximate surface area is 134 Å². The van der Waals surface area contributed by atoms with Crippen molar-refractivity contribution in [3.8, 4) is 0 Å². The molecule has 1 aromatic heterocycles. The van der Waals surface area contributed by atoms with Crippen LogP contribution in [-0.2, 0) is 22.7 Å². The molecular weight excluding hydrogens is 292 g/mol. The Morgan fingerprint density at radius 2 is 2.17 bits per heavy atom. The highest BCUT2D eigenvalue weighted by molar-refractivity contribution is 5.91. The quantitative estimate of drug-likeness (QED) is 0.691. The zero-order valence-corrected chi connectivity index (χ0v) is 13.1. The molecule has 0 spiro atoms. The molecule has 2 fully saturated rings. The maximum atomic E-state index is 12.9. The third-order valence-electron chi connectivity index (χ3n) is 5.65. The van der Waals surface area contributed by atoms with Crippen LogP contribution in [0.4, 0.5) is 0 Å². The number of nitrogens with zero attached hydrogens (tertiary/aromatic N) is 3. The van der Waals surface area contributed by atoms with Gasteiger partial charge in [0.25, 0.3) is 0 Å². The summed E-state index contributed by atoms with van der Waals surface area (Å²) in [5.74, 6) is -0.137. The second-order valence-electron chi connectivity index (χ2n) is 7.00. The maximum Gasteiger partial charge on any atom is 0.332 e. The van der Waals surface area contributed by atoms with Gasteiger partial charge >= 0.3 is 5.97 Å². The Balaban J connectivity index is 1.43. The molecular formula is C17H18N4O2. The Morgan fingerprint density at radius 1 is 1.39 bits per heavy atom. The van der Waals surface area contributed by atoms with Crippen LogP contribution >= 0.6 is 0 Å². The monoisotopic (exact) mass is 310 g/mol. The number of hydrogen-bond donors (Lipinski definition) is 1. The molecule has 6 heteroatoms. The summed E-state index contributed by atoms with van der Waals surface area (Å²) in [4.78, 5) is 12.9. The third-order valence-corrected chi connectivity index (χ3v) is 5.65. The molecule has 0 saturated carbocycles. The number of benzene rings is 1. The van der Waals surface area contributed by atoms with Gasteiger partial charge in [0.1, 0.15) is 6.61 Å². The van der Waals surface area contributed by atoms with E-state index < -0.39 is 5.54 Å². The van der Waals surface area contributed by atoms with Gasteiger partial charge in [-0.2, -0.15) is 5.10 Å². The normalized spacial score (nSPS) is 32.4. The molecule has 23 heavy (non-hydrogen) atoms. The van der Waals surface area contributed by atoms with E-state index in [1.165, 1.54) is 0 Å². The van der Waals surface area contributed by atoms with Crippen molar-refractivity contribution in [3.63, 3.8) is 0 Å². The summed E-state index contributed by atoms with van der Waals surface area (Å²) in [5, 5.41) is 11.6. The van der Waals surface area contributed by atoms with E-state index in [-0.39, 0.29) is 17.6 Å². The molecule has 3 aliphatic heterocycles. The van der Waals surface area contributed by atoms with Crippen molar-refractivity contribution in [1.82, 2.24) is 20.2 Å². The average Bonchev–Trinajstić information content (AvgIpc) is 3.02. The van der Waals surface area contributed by atoms with Crippen LogP contribution in [0.15, 0.2) is 36.5 Å². The molecule has 0 radical (unpaired) electrons. The van der Waals surface area contributed by atoms with Crippen LogP contribution in [0, 0.1) is 0 Å². The number of carbonyl (C=O) groups excluding carboxylic acids is 1. The molecule has 0 amide bonds. The van der Waals surface area contributed by atoms with Gasteiger partial charge in [0, 0.05) is 5.56 Å². The van der Waals surface area contributed by atoms with E-state index >= 15 is 0 Å². The number of fused-ring (bicyclic) bond motifs is 3. The molecule has 1 aromatic carbocycles. The first-order valence-corrected chi connectivity index (χ1v) is 7.88. The SMILES string of the molecule is CC1(C)N2Cc3[nH]ncc3C3N2C31C(=O)OCc1ccccc1. The van der Waals surface area contributed by atoms with Crippen molar-refractivity contribution in [1.29, 1.82) is 0 Å². The number of carbonyl (C=O) groups is 1. The predicted molar refractivity (Wildman–Crippen MR) is 81.8 cm³/mol. The van der Waals surface area contributed by atoms with E-state index in [0.29, 0.717) is 6.61 Å². The Kier molecular flexibility index (Phi) is 2.32. The lowest BCUT2D eigenvalue weighted by Crippen LogP contribution is -2.71. The fourth-order valence-electron chi connectivity index (χ4n) is 4.40. The fraction of sp³-hybridized carbons (Fsp3) is 0.412. The smallest absolute Gasteiger partial charge is 0.332 e. The molecule has 0 aliphatic carbocycles. The zero-order chi connectivity index (χ0) is 15.8. The Bertz CT molecular complexity index is 800. The van der Waals surface area contributed by atoms with E-state index in [1.807, 2.05) is 36.5 Å². The van der Waals surface area contributed by atoms with Gasteiger partial charge < -0.3 is 4.74 Å². The predicted octanol–water partition coefficient (Wildman–Crippen LogP) is 1.77. The Hall–Kier alpha value is -2.18. The topological polar surface area (TPSA) is 61.2 Å². The van der Waals surface area contributed by atoms with Gasteiger partial charge in [-0.05, 0) is 19.4 Å². The van der Waals surface area contributed by atoms with Gasteiger partial charge in [0.15, 0.2) is 5.54 Å². The van der Waals surface area contributed by atoms with Crippen molar-refractivity contribution in [2.75, 3.05) is 0 Å². The highest BCUT2D eigenvalue weighted by Crippen LogP contribution is 2.73. The van der Waals surface area contributed by atoms with E-state index in [2.05, 4.69) is 34.1 Å². The van der Waals surface area contributed by atoms with Crippen LogP contribution in [-0.4, -0.2) is 37.3 Å². The lowest BCUT2D eigenvalue weighted by Gasteiger charge is -2.52. The van der Waals surface area contributed by atoms with Crippen LogP contribution in [0.25, 0.3) is 0 Å². The second kappa shape index (κ2) is 4.01. The molecule has 5 rings (SSSR count). The summed E-state index contributed by atoms with van der Waals surface area (Å²) in [6.45, 7) is 5.32. The molecule has 1 N–H and O–H groups in total. The lowest BCUT2D eigenvalue weighted by atomic mass is 9.80. The van der Waals surface area contributed by atoms with E-state index in [4.69, 9.17) is 4.74 Å². The molecule has 118 valence electrons. The number of esters is 1. The van der Waals surface area contributed by atoms with Gasteiger partial charge in [0.2, 0.25) is 0 Å². The van der Waals surface area contributed by atoms with Crippen LogP contribution in [0.5, 0.6) is 0 Å². The van der Waals surface area contributed by atoms with Crippen LogP contribution in [0.2, 0.25) is 0 Å². The van der Waals surface area contributed by atoms with Gasteiger partial charge in [-0.25, -0.2) is 14.8 Å². The molecule has 3 atom stereocenters. The van der Waals surface area contributed by atoms with Crippen LogP contribution < -0.4 is 0 Å². The van der Waals surface area contributed by atoms with E-state index in [9.17, 15) is 4.79 Å². The molecule has 3 aliphatic rings. The second-order valence-corrected chi connectivity index (χ2v) is 7.00. The highest BCUT2D eigenvalue weighted by atomic mass is 16.5. The third kappa shape index (κ3) is 1.37. The lowest BCUT2D eigenvalue weighted by molar-refractivity contribution is -0.201. The number of H-pyrrole nitrogens is 1. The summed E-state index contributed by atoms with van der Waals surface area (Å²) in [6, 6.07) is 9.86. The standard InChI is InChI=1S/C17H18N4O2/c1-16(2)17(15(22)23-10-11-6-4-3-5-7-11)14-12-8-18-19-13(12)9-20(16)21(14)17/h3-8,14H,9-10H2,1-2H3,(H,18,19). The minimum Gasteiger partial charge on any atom is -0.459 e. The zero-order valence-electron chi connectivity index (χ0n) is 13.1. The number of nitrogens with one attached hydrogen (secondary N) is 1. The molecule has 0 bridgehead atoms. The number of aromatic amines is 1. The largest absolute Gasteiger partial charge is 0.459 e. The Morgan fingerprint density at radius 3 is 2.96 bits per heavy atom. The van der Waals surface area contributed by atoms with Gasteiger partial charge in [-0.1, -0.05) is 30.3 Å². The van der Waals surface area contributed by atoms with E-state index in [1.54, 1.807) is 0 Å². The number of ether oxygens (including phenoxy) is 1. The summed E-state index contributed by atoms with van der Waals surface area (Å²) in [6.07, 6.45) is 1.85. The first kappa shape index (κ1) is 13.3. The molecule has 2 aromatic rings. The number of rotatable bonds is 3. The summed E-state index contributed by atoms with van der Waals surface area (Å²) < 4.78 is 5.67. The number of hydrazine groups is 1. The van der Waals surface area contributed by atoms with Crippen molar-refractivity contribution in [3.05, 3.63) is 53.3 Å². The minimum absolute atomic E-state index is 0.0586. The number of aromatic nitrogens is 2. The van der Waals surface area contributed by atoms with Gasteiger partial charge in [-0.15, -0.1) is 0 Å². The van der Waals surface area contributed by atoms with Crippen molar-refractivity contribution < 1.29 is 9.53 Å². The van der Waals surface area contributed by atoms with Crippen molar-refractivity contribution >= 4 is 5.97 Å². The van der Waals surface area contributed by atoms with Crippen molar-refractivity contribution in [2.45, 2.75) is 44.1 Å². The highest BCUT2D eigenvalue weighted by Gasteiger charge is 2.90. The van der Waals surface area contributed by atoms with Crippen LogP contribution in [0.3, 0.4) is 0 Å². The summed E-state index contributed by atoms with van der Waals surface area (Å²) in [7, 11) is 0. The van der Waals surface area contributed by atoms with E-state index in [0.717, 1.165) is 23.4 Å². The molecule has 4 heterocycles. The molecule has 3 unspecified atom stereocenters. The first-order chi connectivity index (χ1) is 11.1. The summed E-state index contributed by atoms with van der Waals surface area (Å²) >= 11 is 0. The molecule has 2 saturated heterocycles.